The van der Waals surface area contributed by atoms with Crippen molar-refractivity contribution >= 4 is 35.1 Å². The lowest BCUT2D eigenvalue weighted by molar-refractivity contribution is 0.104. The molecule has 0 N–H and O–H groups in total. The highest BCUT2D eigenvalue weighted by Gasteiger charge is 2.07. The van der Waals surface area contributed by atoms with E-state index in [1.54, 1.807) is 36.6 Å². The third kappa shape index (κ3) is 2.99. The molecule has 0 atom stereocenters. The Morgan fingerprint density at radius 3 is 2.71 bits per heavy atom. The first-order valence-corrected chi connectivity index (χ1v) is 5.63. The summed E-state index contributed by atoms with van der Waals surface area (Å²) in [5.41, 5.74) is 0.416. The predicted octanol–water partition coefficient (Wildman–Crippen LogP) is 4.48. The molecule has 86 valence electrons. The fourth-order valence-corrected chi connectivity index (χ4v) is 1.82. The summed E-state index contributed by atoms with van der Waals surface area (Å²) in [5.74, 6) is 0.423. The van der Waals surface area contributed by atoms with Crippen LogP contribution < -0.4 is 0 Å². The summed E-state index contributed by atoms with van der Waals surface area (Å²) in [6, 6.07) is 8.27. The van der Waals surface area contributed by atoms with Crippen LogP contribution in [0.1, 0.15) is 16.1 Å². The molecule has 17 heavy (non-hydrogen) atoms. The smallest absolute Gasteiger partial charge is 0.187 e. The third-order valence-electron chi connectivity index (χ3n) is 2.14. The number of benzene rings is 1. The average molecular weight is 267 g/mol. The summed E-state index contributed by atoms with van der Waals surface area (Å²) in [5, 5.41) is 0.841. The van der Waals surface area contributed by atoms with E-state index in [0.29, 0.717) is 21.4 Å². The van der Waals surface area contributed by atoms with Crippen molar-refractivity contribution < 1.29 is 9.21 Å². The van der Waals surface area contributed by atoms with Crippen LogP contribution in [-0.4, -0.2) is 5.78 Å². The van der Waals surface area contributed by atoms with Gasteiger partial charge in [-0.1, -0.05) is 23.2 Å². The first-order valence-electron chi connectivity index (χ1n) is 4.88. The Morgan fingerprint density at radius 1 is 1.24 bits per heavy atom. The molecule has 1 aromatic carbocycles. The van der Waals surface area contributed by atoms with Crippen LogP contribution in [0.5, 0.6) is 0 Å². The van der Waals surface area contributed by atoms with Gasteiger partial charge in [0.1, 0.15) is 5.76 Å². The standard InChI is InChI=1S/C13H8Cl2O2/c14-9-3-5-11(12(15)8-9)13(16)6-4-10-2-1-7-17-10/h1-8H/b6-4+. The minimum absolute atomic E-state index is 0.192. The molecule has 0 saturated carbocycles. The summed E-state index contributed by atoms with van der Waals surface area (Å²) in [6.07, 6.45) is 4.54. The monoisotopic (exact) mass is 266 g/mol. The van der Waals surface area contributed by atoms with Crippen LogP contribution in [0.15, 0.2) is 47.1 Å². The van der Waals surface area contributed by atoms with Gasteiger partial charge in [-0.2, -0.15) is 0 Å². The van der Waals surface area contributed by atoms with Crippen molar-refractivity contribution in [2.45, 2.75) is 0 Å². The van der Waals surface area contributed by atoms with E-state index in [9.17, 15) is 4.79 Å². The van der Waals surface area contributed by atoms with Crippen molar-refractivity contribution in [2.24, 2.45) is 0 Å². The van der Waals surface area contributed by atoms with Crippen molar-refractivity contribution in [3.8, 4) is 0 Å². The number of carbonyl (C=O) groups excluding carboxylic acids is 1. The second-order valence-electron chi connectivity index (χ2n) is 3.34. The molecule has 1 heterocycles. The van der Waals surface area contributed by atoms with E-state index in [1.165, 1.54) is 12.1 Å². The quantitative estimate of drug-likeness (QED) is 0.606. The minimum Gasteiger partial charge on any atom is -0.465 e. The van der Waals surface area contributed by atoms with E-state index >= 15 is 0 Å². The Hall–Kier alpha value is -1.51. The lowest BCUT2D eigenvalue weighted by atomic mass is 10.1. The van der Waals surface area contributed by atoms with Gasteiger partial charge in [-0.25, -0.2) is 0 Å². The molecule has 0 aliphatic rings. The Morgan fingerprint density at radius 2 is 2.06 bits per heavy atom. The summed E-state index contributed by atoms with van der Waals surface area (Å²) in [4.78, 5) is 11.8. The summed E-state index contributed by atoms with van der Waals surface area (Å²) >= 11 is 11.7. The minimum atomic E-state index is -0.192. The van der Waals surface area contributed by atoms with E-state index < -0.39 is 0 Å². The molecule has 1 aromatic heterocycles. The molecule has 0 radical (unpaired) electrons. The molecule has 4 heteroatoms. The topological polar surface area (TPSA) is 30.2 Å². The van der Waals surface area contributed by atoms with Gasteiger partial charge in [-0.05, 0) is 42.5 Å². The number of furan rings is 1. The molecule has 0 saturated heterocycles. The number of hydrogen-bond donors (Lipinski definition) is 0. The van der Waals surface area contributed by atoms with Crippen LogP contribution in [0.4, 0.5) is 0 Å². The van der Waals surface area contributed by atoms with Gasteiger partial charge in [0.05, 0.1) is 11.3 Å². The maximum Gasteiger partial charge on any atom is 0.187 e. The highest BCUT2D eigenvalue weighted by molar-refractivity contribution is 6.37. The van der Waals surface area contributed by atoms with Gasteiger partial charge in [0, 0.05) is 10.6 Å². The van der Waals surface area contributed by atoms with Crippen molar-refractivity contribution in [3.63, 3.8) is 0 Å². The SMILES string of the molecule is O=C(/C=C/c1ccco1)c1ccc(Cl)cc1Cl. The van der Waals surface area contributed by atoms with Gasteiger partial charge >= 0.3 is 0 Å². The molecule has 0 spiro atoms. The summed E-state index contributed by atoms with van der Waals surface area (Å²) in [6.45, 7) is 0. The molecule has 2 aromatic rings. The Kier molecular flexibility index (Phi) is 3.67. The zero-order valence-electron chi connectivity index (χ0n) is 8.69. The lowest BCUT2D eigenvalue weighted by Crippen LogP contribution is -1.94. The van der Waals surface area contributed by atoms with Crippen LogP contribution >= 0.6 is 23.2 Å². The van der Waals surface area contributed by atoms with Gasteiger partial charge < -0.3 is 4.42 Å². The number of rotatable bonds is 3. The molecule has 2 rings (SSSR count). The Bertz CT molecular complexity index is 557. The number of ketones is 1. The molecule has 0 fully saturated rings. The fourth-order valence-electron chi connectivity index (χ4n) is 1.32. The third-order valence-corrected chi connectivity index (χ3v) is 2.69. The maximum absolute atomic E-state index is 11.8. The van der Waals surface area contributed by atoms with Gasteiger partial charge in [-0.3, -0.25) is 4.79 Å². The van der Waals surface area contributed by atoms with E-state index in [1.807, 2.05) is 0 Å². The van der Waals surface area contributed by atoms with Gasteiger partial charge in [-0.15, -0.1) is 0 Å². The second-order valence-corrected chi connectivity index (χ2v) is 4.18. The van der Waals surface area contributed by atoms with E-state index in [4.69, 9.17) is 27.6 Å². The molecular formula is C13H8Cl2O2. The van der Waals surface area contributed by atoms with Gasteiger partial charge in [0.15, 0.2) is 5.78 Å². The zero-order valence-corrected chi connectivity index (χ0v) is 10.2. The molecule has 0 bridgehead atoms. The fraction of sp³-hybridized carbons (Fsp3) is 0. The Labute approximate surface area is 108 Å². The first kappa shape index (κ1) is 12.0. The van der Waals surface area contributed by atoms with Gasteiger partial charge in [0.2, 0.25) is 0 Å². The van der Waals surface area contributed by atoms with Crippen molar-refractivity contribution in [3.05, 3.63) is 64.0 Å². The largest absolute Gasteiger partial charge is 0.465 e. The summed E-state index contributed by atoms with van der Waals surface area (Å²) < 4.78 is 5.08. The average Bonchev–Trinajstić information content (AvgIpc) is 2.78. The number of carbonyl (C=O) groups is 1. The second kappa shape index (κ2) is 5.21. The Balaban J connectivity index is 2.20. The van der Waals surface area contributed by atoms with Gasteiger partial charge in [0.25, 0.3) is 0 Å². The number of halogens is 2. The highest BCUT2D eigenvalue weighted by Crippen LogP contribution is 2.21. The molecule has 0 unspecified atom stereocenters. The summed E-state index contributed by atoms with van der Waals surface area (Å²) in [7, 11) is 0. The maximum atomic E-state index is 11.8. The molecule has 2 nitrogen and oxygen atoms in total. The van der Waals surface area contributed by atoms with Crippen LogP contribution in [0.2, 0.25) is 10.0 Å². The first-order chi connectivity index (χ1) is 8.16. The van der Waals surface area contributed by atoms with Crippen LogP contribution in [0, 0.1) is 0 Å². The predicted molar refractivity (Wildman–Crippen MR) is 68.5 cm³/mol. The van der Waals surface area contributed by atoms with Crippen molar-refractivity contribution in [1.82, 2.24) is 0 Å². The molecule has 0 amide bonds. The lowest BCUT2D eigenvalue weighted by Gasteiger charge is -1.99. The normalized spacial score (nSPS) is 10.9. The van der Waals surface area contributed by atoms with E-state index in [-0.39, 0.29) is 5.78 Å². The van der Waals surface area contributed by atoms with Crippen LogP contribution in [0.25, 0.3) is 6.08 Å². The number of hydrogen-bond acceptors (Lipinski definition) is 2. The zero-order chi connectivity index (χ0) is 12.3. The van der Waals surface area contributed by atoms with E-state index in [2.05, 4.69) is 0 Å². The van der Waals surface area contributed by atoms with Crippen molar-refractivity contribution in [2.75, 3.05) is 0 Å². The molecular weight excluding hydrogens is 259 g/mol. The van der Waals surface area contributed by atoms with Crippen LogP contribution in [-0.2, 0) is 0 Å². The van der Waals surface area contributed by atoms with Crippen LogP contribution in [0.3, 0.4) is 0 Å². The molecule has 0 aliphatic heterocycles. The number of allylic oxidation sites excluding steroid dienone is 1. The molecule has 0 aliphatic carbocycles. The van der Waals surface area contributed by atoms with Crippen molar-refractivity contribution in [1.29, 1.82) is 0 Å². The van der Waals surface area contributed by atoms with E-state index in [0.717, 1.165) is 0 Å². The highest BCUT2D eigenvalue weighted by atomic mass is 35.5.